The van der Waals surface area contributed by atoms with Crippen LogP contribution in [0.5, 0.6) is 0 Å². The zero-order valence-corrected chi connectivity index (χ0v) is 9.91. The van der Waals surface area contributed by atoms with E-state index in [2.05, 4.69) is 5.10 Å². The molecular weight excluding hydrogens is 247 g/mol. The fourth-order valence-electron chi connectivity index (χ4n) is 1.41. The molecule has 0 spiro atoms. The van der Waals surface area contributed by atoms with E-state index in [0.29, 0.717) is 16.5 Å². The van der Waals surface area contributed by atoms with E-state index in [1.54, 1.807) is 16.9 Å². The van der Waals surface area contributed by atoms with Gasteiger partial charge in [-0.15, -0.1) is 0 Å². The van der Waals surface area contributed by atoms with Crippen LogP contribution in [-0.2, 0) is 6.42 Å². The summed E-state index contributed by atoms with van der Waals surface area (Å²) in [6.07, 6.45) is 2.33. The van der Waals surface area contributed by atoms with E-state index < -0.39 is 0 Å². The Hall–Kier alpha value is -1.03. The molecule has 0 bridgehead atoms. The molecule has 5 heteroatoms. The van der Waals surface area contributed by atoms with Gasteiger partial charge >= 0.3 is 0 Å². The molecule has 1 N–H and O–H groups in total. The largest absolute Gasteiger partial charge is 0.396 e. The van der Waals surface area contributed by atoms with Crippen LogP contribution >= 0.6 is 23.2 Å². The zero-order valence-electron chi connectivity index (χ0n) is 8.40. The predicted molar refractivity (Wildman–Crippen MR) is 64.4 cm³/mol. The number of hydrogen-bond donors (Lipinski definition) is 1. The smallest absolute Gasteiger partial charge is 0.0849 e. The van der Waals surface area contributed by atoms with Crippen LogP contribution in [0.4, 0.5) is 0 Å². The van der Waals surface area contributed by atoms with E-state index in [0.717, 1.165) is 11.4 Å². The molecule has 0 atom stereocenters. The lowest BCUT2D eigenvalue weighted by Crippen LogP contribution is -1.98. The van der Waals surface area contributed by atoms with Crippen LogP contribution < -0.4 is 0 Å². The van der Waals surface area contributed by atoms with Crippen molar-refractivity contribution in [2.24, 2.45) is 0 Å². The Morgan fingerprint density at radius 3 is 2.81 bits per heavy atom. The molecule has 0 saturated carbocycles. The van der Waals surface area contributed by atoms with Gasteiger partial charge in [0.15, 0.2) is 0 Å². The second-order valence-corrected chi connectivity index (χ2v) is 4.08. The fraction of sp³-hybridized carbons (Fsp3) is 0.182. The molecule has 84 valence electrons. The third-order valence-electron chi connectivity index (χ3n) is 2.19. The maximum absolute atomic E-state index is 8.80. The summed E-state index contributed by atoms with van der Waals surface area (Å²) < 4.78 is 1.65. The summed E-state index contributed by atoms with van der Waals surface area (Å²) in [5.74, 6) is 0. The molecule has 2 rings (SSSR count). The zero-order chi connectivity index (χ0) is 11.5. The van der Waals surface area contributed by atoms with E-state index in [1.165, 1.54) is 0 Å². The topological polar surface area (TPSA) is 38.0 Å². The number of benzene rings is 1. The highest BCUT2D eigenvalue weighted by molar-refractivity contribution is 6.43. The number of rotatable bonds is 3. The number of halogens is 2. The second-order valence-electron chi connectivity index (χ2n) is 3.30. The standard InChI is InChI=1S/C11H10Cl2N2O/c12-9-2-1-3-10(11(9)13)15-6-4-8(14-15)5-7-16/h1-4,6,16H,5,7H2. The van der Waals surface area contributed by atoms with E-state index >= 15 is 0 Å². The summed E-state index contributed by atoms with van der Waals surface area (Å²) in [5, 5.41) is 14.1. The van der Waals surface area contributed by atoms with Gasteiger partial charge in [0.05, 0.1) is 21.4 Å². The minimum Gasteiger partial charge on any atom is -0.396 e. The molecule has 0 amide bonds. The molecule has 1 heterocycles. The summed E-state index contributed by atoms with van der Waals surface area (Å²) >= 11 is 12.0. The maximum Gasteiger partial charge on any atom is 0.0849 e. The van der Waals surface area contributed by atoms with Crippen molar-refractivity contribution in [2.45, 2.75) is 6.42 Å². The van der Waals surface area contributed by atoms with Crippen LogP contribution in [0.1, 0.15) is 5.69 Å². The summed E-state index contributed by atoms with van der Waals surface area (Å²) in [5.41, 5.74) is 1.55. The number of hydrogen-bond acceptors (Lipinski definition) is 2. The maximum atomic E-state index is 8.80. The van der Waals surface area contributed by atoms with Crippen LogP contribution in [0, 0.1) is 0 Å². The van der Waals surface area contributed by atoms with Gasteiger partial charge in [-0.05, 0) is 18.2 Å². The van der Waals surface area contributed by atoms with E-state index in [-0.39, 0.29) is 6.61 Å². The van der Waals surface area contributed by atoms with Crippen molar-refractivity contribution in [3.05, 3.63) is 46.2 Å². The number of aliphatic hydroxyl groups excluding tert-OH is 1. The minimum atomic E-state index is 0.0836. The molecule has 16 heavy (non-hydrogen) atoms. The lowest BCUT2D eigenvalue weighted by molar-refractivity contribution is 0.298. The Balaban J connectivity index is 2.39. The molecule has 0 saturated heterocycles. The van der Waals surface area contributed by atoms with E-state index in [1.807, 2.05) is 18.2 Å². The average Bonchev–Trinajstić information content (AvgIpc) is 2.71. The highest BCUT2D eigenvalue weighted by Gasteiger charge is 2.07. The van der Waals surface area contributed by atoms with Crippen molar-refractivity contribution in [3.8, 4) is 5.69 Å². The SMILES string of the molecule is OCCc1ccn(-c2cccc(Cl)c2Cl)n1. The molecule has 1 aromatic carbocycles. The molecule has 0 aliphatic carbocycles. The lowest BCUT2D eigenvalue weighted by Gasteiger charge is -2.05. The molecule has 0 aliphatic heterocycles. The van der Waals surface area contributed by atoms with Gasteiger partial charge in [-0.25, -0.2) is 4.68 Å². The van der Waals surface area contributed by atoms with Crippen molar-refractivity contribution in [3.63, 3.8) is 0 Å². The van der Waals surface area contributed by atoms with Crippen molar-refractivity contribution >= 4 is 23.2 Å². The normalized spacial score (nSPS) is 10.7. The minimum absolute atomic E-state index is 0.0836. The van der Waals surface area contributed by atoms with Gasteiger partial charge in [0, 0.05) is 19.2 Å². The third kappa shape index (κ3) is 2.21. The number of aromatic nitrogens is 2. The average molecular weight is 257 g/mol. The number of aliphatic hydroxyl groups is 1. The van der Waals surface area contributed by atoms with Crippen LogP contribution in [0.15, 0.2) is 30.5 Å². The highest BCUT2D eigenvalue weighted by atomic mass is 35.5. The monoisotopic (exact) mass is 256 g/mol. The van der Waals surface area contributed by atoms with E-state index in [4.69, 9.17) is 28.3 Å². The first kappa shape index (κ1) is 11.5. The molecule has 2 aromatic rings. The van der Waals surface area contributed by atoms with Crippen molar-refractivity contribution < 1.29 is 5.11 Å². The van der Waals surface area contributed by atoms with Gasteiger partial charge < -0.3 is 5.11 Å². The number of nitrogens with zero attached hydrogens (tertiary/aromatic N) is 2. The molecule has 0 aliphatic rings. The van der Waals surface area contributed by atoms with Crippen LogP contribution in [-0.4, -0.2) is 21.5 Å². The van der Waals surface area contributed by atoms with Gasteiger partial charge in [0.1, 0.15) is 0 Å². The molecule has 0 unspecified atom stereocenters. The fourth-order valence-corrected chi connectivity index (χ4v) is 1.80. The van der Waals surface area contributed by atoms with Crippen molar-refractivity contribution in [2.75, 3.05) is 6.61 Å². The van der Waals surface area contributed by atoms with Crippen molar-refractivity contribution in [1.82, 2.24) is 9.78 Å². The third-order valence-corrected chi connectivity index (χ3v) is 3.00. The quantitative estimate of drug-likeness (QED) is 0.917. The van der Waals surface area contributed by atoms with Crippen LogP contribution in [0.25, 0.3) is 5.69 Å². The Morgan fingerprint density at radius 2 is 2.06 bits per heavy atom. The second kappa shape index (κ2) is 4.87. The summed E-state index contributed by atoms with van der Waals surface area (Å²) in [6.45, 7) is 0.0836. The Morgan fingerprint density at radius 1 is 1.25 bits per heavy atom. The highest BCUT2D eigenvalue weighted by Crippen LogP contribution is 2.27. The predicted octanol–water partition coefficient (Wildman–Crippen LogP) is 2.71. The van der Waals surface area contributed by atoms with Gasteiger partial charge in [-0.3, -0.25) is 0 Å². The van der Waals surface area contributed by atoms with Crippen LogP contribution in [0.3, 0.4) is 0 Å². The first-order chi connectivity index (χ1) is 7.72. The first-order valence-electron chi connectivity index (χ1n) is 4.82. The molecular formula is C11H10Cl2N2O. The molecule has 3 nitrogen and oxygen atoms in total. The van der Waals surface area contributed by atoms with E-state index in [9.17, 15) is 0 Å². The summed E-state index contributed by atoms with van der Waals surface area (Å²) in [6, 6.07) is 7.22. The molecule has 0 fully saturated rings. The summed E-state index contributed by atoms with van der Waals surface area (Å²) in [4.78, 5) is 0. The van der Waals surface area contributed by atoms with Gasteiger partial charge in [-0.1, -0.05) is 29.3 Å². The van der Waals surface area contributed by atoms with Gasteiger partial charge in [0.2, 0.25) is 0 Å². The van der Waals surface area contributed by atoms with Gasteiger partial charge in [-0.2, -0.15) is 5.10 Å². The Kier molecular flexibility index (Phi) is 3.49. The Bertz CT molecular complexity index is 496. The Labute approximate surface area is 103 Å². The lowest BCUT2D eigenvalue weighted by atomic mass is 10.3. The molecule has 1 aromatic heterocycles. The summed E-state index contributed by atoms with van der Waals surface area (Å²) in [7, 11) is 0. The van der Waals surface area contributed by atoms with Crippen molar-refractivity contribution in [1.29, 1.82) is 0 Å². The molecule has 0 radical (unpaired) electrons. The van der Waals surface area contributed by atoms with Gasteiger partial charge in [0.25, 0.3) is 0 Å². The first-order valence-corrected chi connectivity index (χ1v) is 5.58. The van der Waals surface area contributed by atoms with Crippen LogP contribution in [0.2, 0.25) is 10.0 Å².